The molecule has 0 spiro atoms. The number of hydrogen-bond donors (Lipinski definition) is 5. The molecule has 174 valence electrons. The molecule has 30 heavy (non-hydrogen) atoms. The Balaban J connectivity index is 2.36. The van der Waals surface area contributed by atoms with Crippen LogP contribution in [0.1, 0.15) is 64.7 Å². The van der Waals surface area contributed by atoms with E-state index < -0.39 is 37.0 Å². The van der Waals surface area contributed by atoms with Crippen molar-refractivity contribution in [3.8, 4) is 0 Å². The molecule has 1 fully saturated rings. The number of ether oxygens (including phenoxy) is 1. The van der Waals surface area contributed by atoms with Gasteiger partial charge in [0.15, 0.2) is 0 Å². The van der Waals surface area contributed by atoms with E-state index in [0.717, 1.165) is 19.3 Å². The second-order valence-corrected chi connectivity index (χ2v) is 8.18. The van der Waals surface area contributed by atoms with Gasteiger partial charge >= 0.3 is 5.97 Å². The second kappa shape index (κ2) is 15.5. The first kappa shape index (κ1) is 26.8. The Morgan fingerprint density at radius 1 is 1.13 bits per heavy atom. The van der Waals surface area contributed by atoms with Crippen LogP contribution < -0.4 is 0 Å². The first-order chi connectivity index (χ1) is 14.4. The molecular weight excluding hydrogens is 388 g/mol. The van der Waals surface area contributed by atoms with Crippen molar-refractivity contribution >= 4 is 5.97 Å². The summed E-state index contributed by atoms with van der Waals surface area (Å²) in [7, 11) is 0. The highest BCUT2D eigenvalue weighted by molar-refractivity contribution is 5.69. The SMILES string of the molecule is CCCCC[C@H](O)/C=C/[C@@H]1[C@@H](C/C=C\CCCC(=O)OCC(O)CO)[C@@H](O)C[C@H]1O. The fraction of sp³-hybridized carbons (Fsp3) is 0.783. The van der Waals surface area contributed by atoms with Gasteiger partial charge in [-0.2, -0.15) is 0 Å². The van der Waals surface area contributed by atoms with Gasteiger partial charge in [0.1, 0.15) is 12.7 Å². The van der Waals surface area contributed by atoms with Crippen molar-refractivity contribution in [1.82, 2.24) is 0 Å². The van der Waals surface area contributed by atoms with Crippen LogP contribution in [0, 0.1) is 11.8 Å². The van der Waals surface area contributed by atoms with Crippen LogP contribution in [0.15, 0.2) is 24.3 Å². The molecule has 1 saturated carbocycles. The Kier molecular flexibility index (Phi) is 13.9. The molecule has 0 aromatic rings. The average molecular weight is 429 g/mol. The van der Waals surface area contributed by atoms with Gasteiger partial charge in [0.05, 0.1) is 24.9 Å². The Morgan fingerprint density at radius 3 is 2.60 bits per heavy atom. The van der Waals surface area contributed by atoms with Crippen molar-refractivity contribution < 1.29 is 35.1 Å². The molecule has 0 aromatic carbocycles. The topological polar surface area (TPSA) is 127 Å². The van der Waals surface area contributed by atoms with Crippen LogP contribution in [-0.2, 0) is 9.53 Å². The van der Waals surface area contributed by atoms with E-state index in [1.54, 1.807) is 6.08 Å². The van der Waals surface area contributed by atoms with Crippen molar-refractivity contribution in [1.29, 1.82) is 0 Å². The molecule has 1 rings (SSSR count). The van der Waals surface area contributed by atoms with E-state index >= 15 is 0 Å². The van der Waals surface area contributed by atoms with Crippen molar-refractivity contribution in [2.45, 2.75) is 89.1 Å². The maximum absolute atomic E-state index is 11.5. The van der Waals surface area contributed by atoms with Crippen molar-refractivity contribution in [2.24, 2.45) is 11.8 Å². The minimum absolute atomic E-state index is 0.0970. The normalized spacial score (nSPS) is 26.5. The van der Waals surface area contributed by atoms with Crippen LogP contribution in [0.3, 0.4) is 0 Å². The van der Waals surface area contributed by atoms with Gasteiger partial charge in [-0.05, 0) is 31.6 Å². The molecule has 0 heterocycles. The lowest BCUT2D eigenvalue weighted by Crippen LogP contribution is -2.21. The molecular formula is C23H40O7. The summed E-state index contributed by atoms with van der Waals surface area (Å²) >= 11 is 0. The zero-order chi connectivity index (χ0) is 22.4. The molecule has 0 amide bonds. The first-order valence-electron chi connectivity index (χ1n) is 11.2. The lowest BCUT2D eigenvalue weighted by molar-refractivity contribution is -0.147. The lowest BCUT2D eigenvalue weighted by Gasteiger charge is -2.19. The van der Waals surface area contributed by atoms with Gasteiger partial charge in [-0.1, -0.05) is 50.5 Å². The number of unbranched alkanes of at least 4 members (excludes halogenated alkanes) is 3. The van der Waals surface area contributed by atoms with E-state index in [1.807, 2.05) is 18.2 Å². The van der Waals surface area contributed by atoms with Gasteiger partial charge in [-0.3, -0.25) is 4.79 Å². The van der Waals surface area contributed by atoms with Crippen LogP contribution in [0.5, 0.6) is 0 Å². The highest BCUT2D eigenvalue weighted by atomic mass is 16.5. The van der Waals surface area contributed by atoms with Crippen LogP contribution >= 0.6 is 0 Å². The van der Waals surface area contributed by atoms with E-state index in [-0.39, 0.29) is 24.9 Å². The highest BCUT2D eigenvalue weighted by Gasteiger charge is 2.39. The Hall–Kier alpha value is -1.25. The van der Waals surface area contributed by atoms with Gasteiger partial charge in [0, 0.05) is 18.8 Å². The molecule has 1 unspecified atom stereocenters. The van der Waals surface area contributed by atoms with Gasteiger partial charge in [0.25, 0.3) is 0 Å². The Labute approximate surface area is 180 Å². The molecule has 0 bridgehead atoms. The van der Waals surface area contributed by atoms with Crippen LogP contribution in [0.25, 0.3) is 0 Å². The summed E-state index contributed by atoms with van der Waals surface area (Å²) in [6.45, 7) is 1.48. The third-order valence-corrected chi connectivity index (χ3v) is 5.55. The van der Waals surface area contributed by atoms with Gasteiger partial charge in [0.2, 0.25) is 0 Å². The fourth-order valence-corrected chi connectivity index (χ4v) is 3.71. The number of rotatable bonds is 15. The van der Waals surface area contributed by atoms with Gasteiger partial charge in [-0.25, -0.2) is 0 Å². The predicted octanol–water partition coefficient (Wildman–Crippen LogP) is 1.85. The third kappa shape index (κ3) is 10.7. The summed E-state index contributed by atoms with van der Waals surface area (Å²) in [6.07, 6.45) is 11.1. The van der Waals surface area contributed by atoms with Gasteiger partial charge in [-0.15, -0.1) is 0 Å². The van der Waals surface area contributed by atoms with E-state index in [0.29, 0.717) is 32.1 Å². The predicted molar refractivity (Wildman–Crippen MR) is 115 cm³/mol. The van der Waals surface area contributed by atoms with Crippen molar-refractivity contribution in [2.75, 3.05) is 13.2 Å². The summed E-state index contributed by atoms with van der Waals surface area (Å²) in [6, 6.07) is 0. The minimum Gasteiger partial charge on any atom is -0.463 e. The smallest absolute Gasteiger partial charge is 0.305 e. The van der Waals surface area contributed by atoms with Crippen LogP contribution in [0.2, 0.25) is 0 Å². The first-order valence-corrected chi connectivity index (χ1v) is 11.2. The fourth-order valence-electron chi connectivity index (χ4n) is 3.71. The number of carbonyl (C=O) groups excluding carboxylic acids is 1. The lowest BCUT2D eigenvalue weighted by atomic mass is 9.89. The Bertz CT molecular complexity index is 520. The number of esters is 1. The maximum Gasteiger partial charge on any atom is 0.305 e. The summed E-state index contributed by atoms with van der Waals surface area (Å²) in [5.74, 6) is -0.688. The zero-order valence-corrected chi connectivity index (χ0v) is 18.1. The third-order valence-electron chi connectivity index (χ3n) is 5.55. The molecule has 1 aliphatic carbocycles. The van der Waals surface area contributed by atoms with Gasteiger partial charge < -0.3 is 30.3 Å². The molecule has 1 aliphatic rings. The van der Waals surface area contributed by atoms with E-state index in [4.69, 9.17) is 14.9 Å². The molecule has 0 saturated heterocycles. The van der Waals surface area contributed by atoms with Crippen molar-refractivity contribution in [3.05, 3.63) is 24.3 Å². The molecule has 7 nitrogen and oxygen atoms in total. The number of aliphatic hydroxyl groups excluding tert-OH is 5. The summed E-state index contributed by atoms with van der Waals surface area (Å²) in [4.78, 5) is 11.5. The standard InChI is InChI=1S/C23H40O7/c1-2-3-6-9-17(25)12-13-20-19(21(27)14-22(20)28)10-7-4-5-8-11-23(29)30-16-18(26)15-24/h4,7,12-13,17-22,24-28H,2-3,5-6,8-11,14-16H2,1H3/b7-4-,13-12+/t17-,18?,19+,20+,21-,22+/m0/s1. The summed E-state index contributed by atoms with van der Waals surface area (Å²) in [5.41, 5.74) is 0. The molecule has 0 radical (unpaired) electrons. The molecule has 5 N–H and O–H groups in total. The number of hydrogen-bond acceptors (Lipinski definition) is 7. The van der Waals surface area contributed by atoms with Crippen molar-refractivity contribution in [3.63, 3.8) is 0 Å². The summed E-state index contributed by atoms with van der Waals surface area (Å²) < 4.78 is 4.84. The van der Waals surface area contributed by atoms with Crippen LogP contribution in [-0.4, -0.2) is 69.1 Å². The molecule has 6 atom stereocenters. The van der Waals surface area contributed by atoms with Crippen LogP contribution in [0.4, 0.5) is 0 Å². The molecule has 0 aromatic heterocycles. The minimum atomic E-state index is -1.04. The quantitative estimate of drug-likeness (QED) is 0.153. The van der Waals surface area contributed by atoms with E-state index in [1.165, 1.54) is 0 Å². The monoisotopic (exact) mass is 428 g/mol. The number of aliphatic hydroxyl groups is 5. The molecule has 7 heteroatoms. The highest BCUT2D eigenvalue weighted by Crippen LogP contribution is 2.36. The maximum atomic E-state index is 11.5. The zero-order valence-electron chi connectivity index (χ0n) is 18.1. The average Bonchev–Trinajstić information content (AvgIpc) is 2.99. The summed E-state index contributed by atoms with van der Waals surface area (Å²) in [5, 5.41) is 48.4. The van der Waals surface area contributed by atoms with E-state index in [2.05, 4.69) is 6.92 Å². The number of allylic oxidation sites excluding steroid dienone is 2. The second-order valence-electron chi connectivity index (χ2n) is 8.18. The van der Waals surface area contributed by atoms with E-state index in [9.17, 15) is 20.1 Å². The largest absolute Gasteiger partial charge is 0.463 e. The number of carbonyl (C=O) groups is 1. The Morgan fingerprint density at radius 2 is 1.90 bits per heavy atom. The molecule has 0 aliphatic heterocycles.